The van der Waals surface area contributed by atoms with Gasteiger partial charge in [0.1, 0.15) is 0 Å². The van der Waals surface area contributed by atoms with Crippen LogP contribution in [0.15, 0.2) is 54.9 Å². The van der Waals surface area contributed by atoms with Crippen molar-refractivity contribution in [3.8, 4) is 5.69 Å². The zero-order valence-corrected chi connectivity index (χ0v) is 15.6. The number of carbonyl (C=O) groups excluding carboxylic acids is 2. The van der Waals surface area contributed by atoms with Crippen molar-refractivity contribution in [2.75, 3.05) is 5.32 Å². The maximum atomic E-state index is 12.3. The number of carbonyl (C=O) groups is 2. The highest BCUT2D eigenvalue weighted by Crippen LogP contribution is 2.30. The van der Waals surface area contributed by atoms with Gasteiger partial charge in [-0.25, -0.2) is 4.68 Å². The van der Waals surface area contributed by atoms with Gasteiger partial charge < -0.3 is 10.6 Å². The molecule has 1 aromatic carbocycles. The zero-order chi connectivity index (χ0) is 19.5. The van der Waals surface area contributed by atoms with Gasteiger partial charge in [-0.2, -0.15) is 5.10 Å². The number of pyridine rings is 1. The molecule has 142 valence electrons. The number of nitrogens with zero attached hydrogens (tertiary/aromatic N) is 3. The molecule has 1 aliphatic rings. The van der Waals surface area contributed by atoms with E-state index in [2.05, 4.69) is 20.7 Å². The summed E-state index contributed by atoms with van der Waals surface area (Å²) in [5, 5.41) is 10.2. The molecule has 0 radical (unpaired) electrons. The predicted molar refractivity (Wildman–Crippen MR) is 105 cm³/mol. The maximum absolute atomic E-state index is 12.3. The number of aromatic nitrogens is 3. The van der Waals surface area contributed by atoms with E-state index in [-0.39, 0.29) is 17.7 Å². The first kappa shape index (κ1) is 17.9. The number of nitrogens with one attached hydrogen (secondary N) is 2. The zero-order valence-electron chi connectivity index (χ0n) is 15.6. The minimum Gasteiger partial charge on any atom is -0.346 e. The Labute approximate surface area is 162 Å². The topological polar surface area (TPSA) is 88.9 Å². The van der Waals surface area contributed by atoms with Gasteiger partial charge in [-0.3, -0.25) is 14.6 Å². The van der Waals surface area contributed by atoms with E-state index < -0.39 is 0 Å². The van der Waals surface area contributed by atoms with Gasteiger partial charge >= 0.3 is 0 Å². The van der Waals surface area contributed by atoms with Crippen molar-refractivity contribution < 1.29 is 9.59 Å². The number of amides is 2. The summed E-state index contributed by atoms with van der Waals surface area (Å²) < 4.78 is 1.70. The average molecular weight is 375 g/mol. The summed E-state index contributed by atoms with van der Waals surface area (Å²) >= 11 is 0. The molecule has 28 heavy (non-hydrogen) atoms. The summed E-state index contributed by atoms with van der Waals surface area (Å²) in [4.78, 5) is 28.5. The highest BCUT2D eigenvalue weighted by Gasteiger charge is 2.30. The summed E-state index contributed by atoms with van der Waals surface area (Å²) in [6, 6.07) is 12.7. The van der Waals surface area contributed by atoms with Crippen molar-refractivity contribution in [3.63, 3.8) is 0 Å². The monoisotopic (exact) mass is 375 g/mol. The van der Waals surface area contributed by atoms with Crippen molar-refractivity contribution in [2.45, 2.75) is 26.3 Å². The molecule has 7 nitrogen and oxygen atoms in total. The Balaban J connectivity index is 1.41. The van der Waals surface area contributed by atoms with E-state index in [1.807, 2.05) is 37.3 Å². The van der Waals surface area contributed by atoms with Gasteiger partial charge in [-0.05, 0) is 56.2 Å². The number of aryl methyl sites for hydroxylation is 1. The van der Waals surface area contributed by atoms with Crippen LogP contribution in [0.4, 0.5) is 5.69 Å². The minimum absolute atomic E-state index is 0.0579. The number of rotatable bonds is 6. The van der Waals surface area contributed by atoms with Crippen LogP contribution < -0.4 is 10.6 Å². The maximum Gasteiger partial charge on any atom is 0.251 e. The van der Waals surface area contributed by atoms with Crippen LogP contribution >= 0.6 is 0 Å². The molecular weight excluding hydrogens is 354 g/mol. The standard InChI is InChI=1S/C21H21N5O2/c1-14-19(24-21(28)16-5-6-16)13-26(25-14)18-9-7-15(8-10-18)20(27)23-12-17-4-2-3-11-22-17/h2-4,7-11,13,16H,5-6,12H2,1H3,(H,23,27)(H,24,28). The summed E-state index contributed by atoms with van der Waals surface area (Å²) in [7, 11) is 0. The third-order valence-corrected chi connectivity index (χ3v) is 4.66. The molecular formula is C21H21N5O2. The van der Waals surface area contributed by atoms with Crippen molar-refractivity contribution >= 4 is 17.5 Å². The number of hydrogen-bond donors (Lipinski definition) is 2. The second-order valence-electron chi connectivity index (χ2n) is 6.89. The first-order valence-electron chi connectivity index (χ1n) is 9.26. The van der Waals surface area contributed by atoms with Gasteiger partial charge in [0.15, 0.2) is 0 Å². The second kappa shape index (κ2) is 7.64. The van der Waals surface area contributed by atoms with Crippen LogP contribution in [-0.2, 0) is 11.3 Å². The second-order valence-corrected chi connectivity index (χ2v) is 6.89. The molecule has 0 bridgehead atoms. The highest BCUT2D eigenvalue weighted by atomic mass is 16.2. The molecule has 3 aromatic rings. The lowest BCUT2D eigenvalue weighted by molar-refractivity contribution is -0.117. The molecule has 2 amide bonds. The summed E-state index contributed by atoms with van der Waals surface area (Å²) in [6.07, 6.45) is 5.42. The van der Waals surface area contributed by atoms with Crippen LogP contribution in [0.5, 0.6) is 0 Å². The van der Waals surface area contributed by atoms with Crippen molar-refractivity contribution in [1.82, 2.24) is 20.1 Å². The third kappa shape index (κ3) is 4.09. The van der Waals surface area contributed by atoms with E-state index in [1.54, 1.807) is 29.2 Å². The fraction of sp³-hybridized carbons (Fsp3) is 0.238. The lowest BCUT2D eigenvalue weighted by atomic mass is 10.2. The molecule has 2 aromatic heterocycles. The summed E-state index contributed by atoms with van der Waals surface area (Å²) in [5.41, 5.74) is 3.66. The van der Waals surface area contributed by atoms with Gasteiger partial charge in [0.05, 0.1) is 35.5 Å². The van der Waals surface area contributed by atoms with E-state index in [9.17, 15) is 9.59 Å². The van der Waals surface area contributed by atoms with E-state index in [0.717, 1.165) is 29.9 Å². The van der Waals surface area contributed by atoms with E-state index in [1.165, 1.54) is 0 Å². The summed E-state index contributed by atoms with van der Waals surface area (Å²) in [6.45, 7) is 2.24. The molecule has 1 aliphatic carbocycles. The van der Waals surface area contributed by atoms with Crippen molar-refractivity contribution in [3.05, 3.63) is 71.8 Å². The highest BCUT2D eigenvalue weighted by molar-refractivity contribution is 5.95. The van der Waals surface area contributed by atoms with E-state index in [0.29, 0.717) is 17.8 Å². The number of hydrogen-bond acceptors (Lipinski definition) is 4. The van der Waals surface area contributed by atoms with Gasteiger partial charge in [0.2, 0.25) is 5.91 Å². The molecule has 1 saturated carbocycles. The molecule has 2 N–H and O–H groups in total. The average Bonchev–Trinajstić information content (AvgIpc) is 3.51. The lowest BCUT2D eigenvalue weighted by Gasteiger charge is -2.06. The minimum atomic E-state index is -0.161. The number of benzene rings is 1. The van der Waals surface area contributed by atoms with Crippen LogP contribution in [0.25, 0.3) is 5.69 Å². The van der Waals surface area contributed by atoms with Crippen LogP contribution in [-0.4, -0.2) is 26.6 Å². The van der Waals surface area contributed by atoms with E-state index >= 15 is 0 Å². The molecule has 7 heteroatoms. The normalized spacial score (nSPS) is 13.2. The SMILES string of the molecule is Cc1nn(-c2ccc(C(=O)NCc3ccccn3)cc2)cc1NC(=O)C1CC1. The molecule has 0 spiro atoms. The van der Waals surface area contributed by atoms with Gasteiger partial charge in [0, 0.05) is 17.7 Å². The van der Waals surface area contributed by atoms with Crippen LogP contribution in [0.1, 0.15) is 34.6 Å². The molecule has 2 heterocycles. The largest absolute Gasteiger partial charge is 0.346 e. The Kier molecular flexibility index (Phi) is 4.89. The molecule has 1 fully saturated rings. The number of anilines is 1. The van der Waals surface area contributed by atoms with Crippen molar-refractivity contribution in [2.24, 2.45) is 5.92 Å². The molecule has 0 saturated heterocycles. The fourth-order valence-corrected chi connectivity index (χ4v) is 2.84. The Morgan fingerprint density at radius 3 is 2.61 bits per heavy atom. The van der Waals surface area contributed by atoms with Gasteiger partial charge in [-0.1, -0.05) is 6.07 Å². The molecule has 0 atom stereocenters. The van der Waals surface area contributed by atoms with Crippen LogP contribution in [0.2, 0.25) is 0 Å². The quantitative estimate of drug-likeness (QED) is 0.693. The van der Waals surface area contributed by atoms with Crippen LogP contribution in [0, 0.1) is 12.8 Å². The summed E-state index contributed by atoms with van der Waals surface area (Å²) in [5.74, 6) is 0.0421. The molecule has 0 unspecified atom stereocenters. The Morgan fingerprint density at radius 2 is 1.93 bits per heavy atom. The molecule has 0 aliphatic heterocycles. The lowest BCUT2D eigenvalue weighted by Crippen LogP contribution is -2.23. The third-order valence-electron chi connectivity index (χ3n) is 4.66. The molecule has 4 rings (SSSR count). The van der Waals surface area contributed by atoms with Crippen LogP contribution in [0.3, 0.4) is 0 Å². The fourth-order valence-electron chi connectivity index (χ4n) is 2.84. The van der Waals surface area contributed by atoms with Gasteiger partial charge in [-0.15, -0.1) is 0 Å². The first-order chi connectivity index (χ1) is 13.6. The Bertz CT molecular complexity index is 991. The van der Waals surface area contributed by atoms with E-state index in [4.69, 9.17) is 0 Å². The van der Waals surface area contributed by atoms with Crippen molar-refractivity contribution in [1.29, 1.82) is 0 Å². The first-order valence-corrected chi connectivity index (χ1v) is 9.26. The smallest absolute Gasteiger partial charge is 0.251 e. The van der Waals surface area contributed by atoms with Gasteiger partial charge in [0.25, 0.3) is 5.91 Å². The Hall–Kier alpha value is -3.48. The predicted octanol–water partition coefficient (Wildman–Crippen LogP) is 2.85. The Morgan fingerprint density at radius 1 is 1.14 bits per heavy atom.